The van der Waals surface area contributed by atoms with E-state index < -0.39 is 10.5 Å². The Morgan fingerprint density at radius 2 is 1.73 bits per heavy atom. The molecule has 0 bridgehead atoms. The van der Waals surface area contributed by atoms with Crippen molar-refractivity contribution < 1.29 is 9.59 Å². The van der Waals surface area contributed by atoms with Gasteiger partial charge in [0.2, 0.25) is 0 Å². The van der Waals surface area contributed by atoms with Crippen LogP contribution in [0.5, 0.6) is 0 Å². The molecule has 2 atom stereocenters. The van der Waals surface area contributed by atoms with Gasteiger partial charge in [-0.15, -0.1) is 10.5 Å². The third-order valence-electron chi connectivity index (χ3n) is 3.69. The van der Waals surface area contributed by atoms with Crippen molar-refractivity contribution in [1.82, 2.24) is 0 Å². The fraction of sp³-hybridized carbons (Fsp3) is 0.167. The van der Waals surface area contributed by atoms with Crippen molar-refractivity contribution in [3.63, 3.8) is 0 Å². The van der Waals surface area contributed by atoms with E-state index in [4.69, 9.17) is 0 Å². The van der Waals surface area contributed by atoms with Crippen LogP contribution in [0.4, 0.5) is 0 Å². The lowest BCUT2D eigenvalue weighted by Gasteiger charge is -2.17. The second kappa shape index (κ2) is 6.31. The Morgan fingerprint density at radius 3 is 2.32 bits per heavy atom. The number of hydrogen-bond donors (Lipinski definition) is 0. The molecule has 0 aliphatic carbocycles. The van der Waals surface area contributed by atoms with Gasteiger partial charge in [-0.1, -0.05) is 46.3 Å². The first-order valence-electron chi connectivity index (χ1n) is 7.02. The van der Waals surface area contributed by atoms with Gasteiger partial charge < -0.3 is 0 Å². The van der Waals surface area contributed by atoms with Gasteiger partial charge in [-0.2, -0.15) is 0 Å². The minimum Gasteiger partial charge on any atom is -0.294 e. The third kappa shape index (κ3) is 2.85. The van der Waals surface area contributed by atoms with Crippen LogP contribution in [0.1, 0.15) is 24.2 Å². The standard InChI is InChI=1S/C18H15BrO2S/c1-12(20)18-16(21)11-17(13-7-9-14(19)10-8-13)22(18)15-5-3-2-4-6-15/h2-10,17H,11H2,1H3. The highest BCUT2D eigenvalue weighted by Crippen LogP contribution is 2.50. The summed E-state index contributed by atoms with van der Waals surface area (Å²) in [5.41, 5.74) is 1.11. The zero-order chi connectivity index (χ0) is 15.7. The van der Waals surface area contributed by atoms with E-state index in [9.17, 15) is 9.59 Å². The van der Waals surface area contributed by atoms with Crippen molar-refractivity contribution in [2.75, 3.05) is 0 Å². The Morgan fingerprint density at radius 1 is 1.09 bits per heavy atom. The quantitative estimate of drug-likeness (QED) is 0.738. The zero-order valence-corrected chi connectivity index (χ0v) is 14.5. The molecule has 1 aliphatic rings. The summed E-state index contributed by atoms with van der Waals surface area (Å²) in [6.07, 6.45) is 0.411. The Bertz CT molecular complexity index is 763. The topological polar surface area (TPSA) is 34.1 Å². The van der Waals surface area contributed by atoms with E-state index in [1.54, 1.807) is 0 Å². The highest BCUT2D eigenvalue weighted by Gasteiger charge is 2.35. The molecule has 112 valence electrons. The van der Waals surface area contributed by atoms with Crippen LogP contribution in [0.3, 0.4) is 0 Å². The molecule has 3 rings (SSSR count). The van der Waals surface area contributed by atoms with Crippen molar-refractivity contribution in [3.8, 4) is 0 Å². The van der Waals surface area contributed by atoms with Gasteiger partial charge in [0.25, 0.3) is 0 Å². The molecule has 0 fully saturated rings. The second-order valence-electron chi connectivity index (χ2n) is 5.20. The number of Topliss-reactive ketones (excluding diaryl/α,β-unsaturated/α-hetero) is 2. The maximum Gasteiger partial charge on any atom is 0.173 e. The van der Waals surface area contributed by atoms with E-state index in [1.165, 1.54) is 6.92 Å². The van der Waals surface area contributed by atoms with Crippen LogP contribution < -0.4 is 0 Å². The molecular formula is C18H15BrO2S. The first-order chi connectivity index (χ1) is 10.6. The average Bonchev–Trinajstić information content (AvgIpc) is 2.86. The van der Waals surface area contributed by atoms with Crippen LogP contribution in [-0.2, 0) is 9.59 Å². The molecule has 0 spiro atoms. The normalized spacial score (nSPS) is 21.2. The number of rotatable bonds is 3. The molecule has 0 N–H and O–H groups in total. The fourth-order valence-electron chi connectivity index (χ4n) is 2.74. The van der Waals surface area contributed by atoms with Crippen LogP contribution >= 0.6 is 26.4 Å². The molecule has 2 aromatic rings. The largest absolute Gasteiger partial charge is 0.294 e. The Labute approximate surface area is 140 Å². The number of halogens is 1. The Balaban J connectivity index is 2.17. The van der Waals surface area contributed by atoms with E-state index in [-0.39, 0.29) is 16.8 Å². The first kappa shape index (κ1) is 15.4. The SMILES string of the molecule is CC(=O)C1=S(c2ccccc2)C(c2ccc(Br)cc2)CC1=O. The summed E-state index contributed by atoms with van der Waals surface area (Å²) in [6.45, 7) is 1.50. The van der Waals surface area contributed by atoms with E-state index in [0.717, 1.165) is 14.9 Å². The second-order valence-corrected chi connectivity index (χ2v) is 8.24. The van der Waals surface area contributed by atoms with Crippen molar-refractivity contribution in [3.05, 3.63) is 64.6 Å². The molecule has 0 radical (unpaired) electrons. The van der Waals surface area contributed by atoms with E-state index in [0.29, 0.717) is 11.3 Å². The monoisotopic (exact) mass is 374 g/mol. The minimum absolute atomic E-state index is 0.00685. The predicted octanol–water partition coefficient (Wildman–Crippen LogP) is 4.55. The maximum absolute atomic E-state index is 12.4. The molecule has 1 heterocycles. The number of benzene rings is 2. The van der Waals surface area contributed by atoms with Crippen LogP contribution in [-0.4, -0.2) is 16.4 Å². The molecule has 2 nitrogen and oxygen atoms in total. The van der Waals surface area contributed by atoms with Gasteiger partial charge >= 0.3 is 0 Å². The predicted molar refractivity (Wildman–Crippen MR) is 94.5 cm³/mol. The highest BCUT2D eigenvalue weighted by molar-refractivity contribution is 9.10. The number of ketones is 2. The molecule has 2 aromatic carbocycles. The van der Waals surface area contributed by atoms with Crippen molar-refractivity contribution in [2.24, 2.45) is 0 Å². The molecular weight excluding hydrogens is 360 g/mol. The fourth-order valence-corrected chi connectivity index (χ4v) is 5.69. The molecule has 4 heteroatoms. The molecule has 0 aromatic heterocycles. The molecule has 0 saturated carbocycles. The Hall–Kier alpha value is -1.52. The number of carbonyl (C=O) groups is 2. The summed E-state index contributed by atoms with van der Waals surface area (Å²) in [5, 5.41) is 0.0573. The summed E-state index contributed by atoms with van der Waals surface area (Å²) in [5.74, 6) is -0.107. The summed E-state index contributed by atoms with van der Waals surface area (Å²) >= 11 is 3.44. The van der Waals surface area contributed by atoms with E-state index >= 15 is 0 Å². The van der Waals surface area contributed by atoms with Crippen LogP contribution in [0.25, 0.3) is 0 Å². The summed E-state index contributed by atoms with van der Waals surface area (Å²) in [7, 11) is -0.482. The van der Waals surface area contributed by atoms with Crippen LogP contribution in [0.2, 0.25) is 0 Å². The van der Waals surface area contributed by atoms with Gasteiger partial charge in [0.1, 0.15) is 0 Å². The van der Waals surface area contributed by atoms with Crippen molar-refractivity contribution in [2.45, 2.75) is 23.5 Å². The summed E-state index contributed by atoms with van der Waals surface area (Å²) < 4.78 is 1.01. The maximum atomic E-state index is 12.4. The van der Waals surface area contributed by atoms with Gasteiger partial charge in [0.15, 0.2) is 11.6 Å². The Kier molecular flexibility index (Phi) is 4.41. The lowest BCUT2D eigenvalue weighted by Crippen LogP contribution is -2.16. The van der Waals surface area contributed by atoms with Gasteiger partial charge in [-0.3, -0.25) is 9.59 Å². The molecule has 0 amide bonds. The lowest BCUT2D eigenvalue weighted by molar-refractivity contribution is -0.115. The molecule has 0 saturated heterocycles. The van der Waals surface area contributed by atoms with E-state index in [1.807, 2.05) is 54.6 Å². The van der Waals surface area contributed by atoms with Gasteiger partial charge in [-0.25, -0.2) is 0 Å². The summed E-state index contributed by atoms with van der Waals surface area (Å²) in [4.78, 5) is 25.9. The van der Waals surface area contributed by atoms with Crippen LogP contribution in [0, 0.1) is 0 Å². The van der Waals surface area contributed by atoms with E-state index in [2.05, 4.69) is 15.9 Å². The van der Waals surface area contributed by atoms with Crippen molar-refractivity contribution >= 4 is 42.8 Å². The van der Waals surface area contributed by atoms with Gasteiger partial charge in [0.05, 0.1) is 4.86 Å². The number of carbonyl (C=O) groups excluding carboxylic acids is 2. The molecule has 2 unspecified atom stereocenters. The number of hydrogen-bond acceptors (Lipinski definition) is 2. The average molecular weight is 375 g/mol. The lowest BCUT2D eigenvalue weighted by atomic mass is 10.1. The van der Waals surface area contributed by atoms with Crippen LogP contribution in [0.15, 0.2) is 64.0 Å². The van der Waals surface area contributed by atoms with Crippen molar-refractivity contribution in [1.29, 1.82) is 0 Å². The third-order valence-corrected chi connectivity index (χ3v) is 6.96. The summed E-state index contributed by atoms with van der Waals surface area (Å²) in [6, 6.07) is 17.9. The van der Waals surface area contributed by atoms with Gasteiger partial charge in [0, 0.05) is 21.0 Å². The van der Waals surface area contributed by atoms with Gasteiger partial charge in [-0.05, 0) is 36.8 Å². The smallest absolute Gasteiger partial charge is 0.173 e. The first-order valence-corrected chi connectivity index (χ1v) is 9.10. The minimum atomic E-state index is -0.482. The highest BCUT2D eigenvalue weighted by atomic mass is 79.9. The molecule has 22 heavy (non-hydrogen) atoms. The zero-order valence-electron chi connectivity index (χ0n) is 12.1. The molecule has 1 aliphatic heterocycles.